The van der Waals surface area contributed by atoms with E-state index in [2.05, 4.69) is 4.98 Å². The van der Waals surface area contributed by atoms with Crippen LogP contribution in [-0.4, -0.2) is 43.8 Å². The quantitative estimate of drug-likeness (QED) is 0.515. The minimum Gasteiger partial charge on any atom is -0.490 e. The summed E-state index contributed by atoms with van der Waals surface area (Å²) in [6.07, 6.45) is 1.95. The lowest BCUT2D eigenvalue weighted by molar-refractivity contribution is -0.142. The molecule has 154 valence electrons. The van der Waals surface area contributed by atoms with Gasteiger partial charge in [-0.05, 0) is 43.2 Å². The Labute approximate surface area is 167 Å². The molecule has 4 aliphatic rings. The summed E-state index contributed by atoms with van der Waals surface area (Å²) in [5, 5.41) is 0.764. The van der Waals surface area contributed by atoms with E-state index in [0.29, 0.717) is 37.3 Å². The number of ether oxygens (including phenoxy) is 3. The van der Waals surface area contributed by atoms with Gasteiger partial charge in [-0.1, -0.05) is 12.1 Å². The van der Waals surface area contributed by atoms with Gasteiger partial charge in [0.25, 0.3) is 5.92 Å². The van der Waals surface area contributed by atoms with Crippen molar-refractivity contribution in [1.82, 2.24) is 4.98 Å². The van der Waals surface area contributed by atoms with Gasteiger partial charge in [0.1, 0.15) is 19.0 Å². The number of halogens is 2. The maximum absolute atomic E-state index is 14.8. The normalized spacial score (nSPS) is 30.9. The molecule has 29 heavy (non-hydrogen) atoms. The molecule has 0 aliphatic heterocycles. The summed E-state index contributed by atoms with van der Waals surface area (Å²) in [6, 6.07) is 8.81. The Morgan fingerprint density at radius 1 is 1.21 bits per heavy atom. The number of para-hydroxylation sites is 1. The first kappa shape index (κ1) is 18.7. The predicted octanol–water partition coefficient (Wildman–Crippen LogP) is 4.10. The van der Waals surface area contributed by atoms with E-state index in [9.17, 15) is 13.6 Å². The Morgan fingerprint density at radius 3 is 2.76 bits per heavy atom. The fraction of sp³-hybridized carbons (Fsp3) is 0.545. The Bertz CT molecular complexity index is 959. The summed E-state index contributed by atoms with van der Waals surface area (Å²) in [7, 11) is 1.58. The number of fused-ring (bicyclic) bond motifs is 2. The molecule has 6 rings (SSSR count). The lowest BCUT2D eigenvalue weighted by Gasteiger charge is -2.35. The highest BCUT2D eigenvalue weighted by atomic mass is 19.3. The van der Waals surface area contributed by atoms with E-state index in [1.165, 1.54) is 6.07 Å². The smallest absolute Gasteiger partial charge is 0.357 e. The summed E-state index contributed by atoms with van der Waals surface area (Å²) in [5.74, 6) is -3.53. The fourth-order valence-electron chi connectivity index (χ4n) is 5.62. The number of rotatable bonds is 7. The van der Waals surface area contributed by atoms with Crippen LogP contribution >= 0.6 is 0 Å². The van der Waals surface area contributed by atoms with Gasteiger partial charge in [-0.2, -0.15) is 0 Å². The van der Waals surface area contributed by atoms with E-state index in [-0.39, 0.29) is 24.1 Å². The zero-order valence-corrected chi connectivity index (χ0v) is 16.2. The number of hydrogen-bond donors (Lipinski definition) is 0. The number of benzene rings is 1. The van der Waals surface area contributed by atoms with Gasteiger partial charge in [-0.25, -0.2) is 18.6 Å². The largest absolute Gasteiger partial charge is 0.490 e. The number of esters is 1. The SMILES string of the molecule is COCCOc1cc(C(=O)OCC23C4CCC(CC42)C3(F)F)nc2ccccc12. The molecular formula is C22H23F2NO4. The molecule has 7 heteroatoms. The number of nitrogens with zero attached hydrogens (tertiary/aromatic N) is 1. The molecule has 1 aromatic carbocycles. The van der Waals surface area contributed by atoms with Crippen molar-refractivity contribution in [2.75, 3.05) is 26.9 Å². The van der Waals surface area contributed by atoms with Crippen LogP contribution in [0, 0.1) is 23.2 Å². The summed E-state index contributed by atoms with van der Waals surface area (Å²) in [4.78, 5) is 17.1. The third-order valence-corrected chi connectivity index (χ3v) is 7.07. The topological polar surface area (TPSA) is 57.7 Å². The van der Waals surface area contributed by atoms with Crippen molar-refractivity contribution in [2.45, 2.75) is 25.2 Å². The Hall–Kier alpha value is -2.28. The van der Waals surface area contributed by atoms with Crippen molar-refractivity contribution in [2.24, 2.45) is 23.2 Å². The van der Waals surface area contributed by atoms with E-state index in [4.69, 9.17) is 14.2 Å². The van der Waals surface area contributed by atoms with Gasteiger partial charge < -0.3 is 14.2 Å². The fourth-order valence-corrected chi connectivity index (χ4v) is 5.62. The molecule has 1 heterocycles. The monoisotopic (exact) mass is 403 g/mol. The zero-order valence-electron chi connectivity index (χ0n) is 16.2. The first-order valence-electron chi connectivity index (χ1n) is 10.1. The molecule has 0 radical (unpaired) electrons. The van der Waals surface area contributed by atoms with Gasteiger partial charge in [0.2, 0.25) is 0 Å². The lowest BCUT2D eigenvalue weighted by atomic mass is 9.78. The molecule has 0 amide bonds. The molecule has 0 spiro atoms. The van der Waals surface area contributed by atoms with Crippen LogP contribution in [0.3, 0.4) is 0 Å². The molecule has 4 aliphatic carbocycles. The van der Waals surface area contributed by atoms with Crippen molar-refractivity contribution in [3.8, 4) is 5.75 Å². The first-order chi connectivity index (χ1) is 14.0. The molecule has 2 aromatic rings. The number of carbonyl (C=O) groups is 1. The maximum atomic E-state index is 14.8. The van der Waals surface area contributed by atoms with Gasteiger partial charge in [-0.15, -0.1) is 0 Å². The summed E-state index contributed by atoms with van der Waals surface area (Å²) < 4.78 is 45.7. The Kier molecular flexibility index (Phi) is 4.28. The maximum Gasteiger partial charge on any atom is 0.357 e. The standard InChI is InChI=1S/C22H23F2NO4/c1-27-8-9-28-19-11-18(25-17-5-3-2-4-14(17)19)20(26)29-12-21-15-7-6-13(10-16(15)21)22(21,23)24/h2-5,11,13,15-16H,6-10,12H2,1H3. The second kappa shape index (κ2) is 6.62. The van der Waals surface area contributed by atoms with E-state index in [1.807, 2.05) is 18.2 Å². The number of pyridine rings is 1. The Morgan fingerprint density at radius 2 is 2.03 bits per heavy atom. The van der Waals surface area contributed by atoms with E-state index < -0.39 is 23.2 Å². The zero-order chi connectivity index (χ0) is 20.2. The molecular weight excluding hydrogens is 380 g/mol. The molecule has 1 aromatic heterocycles. The minimum atomic E-state index is -2.74. The van der Waals surface area contributed by atoms with Gasteiger partial charge in [0, 0.05) is 24.5 Å². The van der Waals surface area contributed by atoms with Crippen molar-refractivity contribution >= 4 is 16.9 Å². The molecule has 4 bridgehead atoms. The average molecular weight is 403 g/mol. The van der Waals surface area contributed by atoms with Crippen molar-refractivity contribution < 1.29 is 27.8 Å². The summed E-state index contributed by atoms with van der Waals surface area (Å²) in [6.45, 7) is 0.482. The second-order valence-corrected chi connectivity index (χ2v) is 8.33. The van der Waals surface area contributed by atoms with Crippen LogP contribution in [0.5, 0.6) is 5.75 Å². The molecule has 4 atom stereocenters. The number of hydrogen-bond acceptors (Lipinski definition) is 5. The van der Waals surface area contributed by atoms with Crippen molar-refractivity contribution in [3.05, 3.63) is 36.0 Å². The van der Waals surface area contributed by atoms with Crippen LogP contribution in [0.15, 0.2) is 30.3 Å². The lowest BCUT2D eigenvalue weighted by Crippen LogP contribution is -2.42. The highest BCUT2D eigenvalue weighted by Crippen LogP contribution is 2.81. The van der Waals surface area contributed by atoms with Gasteiger partial charge in [0.15, 0.2) is 5.69 Å². The summed E-state index contributed by atoms with van der Waals surface area (Å²) in [5.41, 5.74) is -0.501. The van der Waals surface area contributed by atoms with Gasteiger partial charge in [0.05, 0.1) is 17.5 Å². The molecule has 0 saturated heterocycles. The number of alkyl halides is 2. The van der Waals surface area contributed by atoms with Crippen LogP contribution in [-0.2, 0) is 9.47 Å². The van der Waals surface area contributed by atoms with E-state index >= 15 is 0 Å². The van der Waals surface area contributed by atoms with Crippen LogP contribution in [0.2, 0.25) is 0 Å². The predicted molar refractivity (Wildman–Crippen MR) is 101 cm³/mol. The third-order valence-electron chi connectivity index (χ3n) is 7.07. The number of carbonyl (C=O) groups excluding carboxylic acids is 1. The van der Waals surface area contributed by atoms with Crippen LogP contribution in [0.25, 0.3) is 10.9 Å². The molecule has 5 nitrogen and oxygen atoms in total. The Balaban J connectivity index is 1.36. The third kappa shape index (κ3) is 2.66. The van der Waals surface area contributed by atoms with E-state index in [0.717, 1.165) is 11.8 Å². The van der Waals surface area contributed by atoms with Crippen LogP contribution in [0.4, 0.5) is 8.78 Å². The van der Waals surface area contributed by atoms with Crippen molar-refractivity contribution in [3.63, 3.8) is 0 Å². The van der Waals surface area contributed by atoms with Crippen LogP contribution < -0.4 is 4.74 Å². The second-order valence-electron chi connectivity index (χ2n) is 8.33. The summed E-state index contributed by atoms with van der Waals surface area (Å²) >= 11 is 0. The molecule has 0 N–H and O–H groups in total. The van der Waals surface area contributed by atoms with Gasteiger partial charge in [-0.3, -0.25) is 0 Å². The minimum absolute atomic E-state index is 0.0125. The molecule has 4 unspecified atom stereocenters. The first-order valence-corrected chi connectivity index (χ1v) is 10.1. The van der Waals surface area contributed by atoms with Crippen molar-refractivity contribution in [1.29, 1.82) is 0 Å². The van der Waals surface area contributed by atoms with Crippen LogP contribution in [0.1, 0.15) is 29.8 Å². The average Bonchev–Trinajstić information content (AvgIpc) is 3.35. The highest BCUT2D eigenvalue weighted by Gasteiger charge is 2.85. The number of aromatic nitrogens is 1. The van der Waals surface area contributed by atoms with E-state index in [1.54, 1.807) is 13.2 Å². The molecule has 4 fully saturated rings. The number of methoxy groups -OCH3 is 1. The van der Waals surface area contributed by atoms with Gasteiger partial charge >= 0.3 is 5.97 Å². The highest BCUT2D eigenvalue weighted by molar-refractivity contribution is 5.94. The molecule has 4 saturated carbocycles.